The molecule has 0 saturated carbocycles. The minimum atomic E-state index is -3.96. The van der Waals surface area contributed by atoms with Gasteiger partial charge >= 0.3 is 5.97 Å². The average Bonchev–Trinajstić information content (AvgIpc) is 3.39. The standard InChI is InChI=1S/C26H24N2O4S/c1-17-11-13-18(14-12-17)33(30,31)28-24(15-25(29)32-2)20-8-3-4-9-21(20)26(28)22-16-27-23-10-6-5-7-19(22)23/h3-14,16,24,26-27H,15H2,1-2H3/t24-,26-/m0/s1. The van der Waals surface area contributed by atoms with E-state index in [1.54, 1.807) is 24.3 Å². The summed E-state index contributed by atoms with van der Waals surface area (Å²) < 4.78 is 34.6. The van der Waals surface area contributed by atoms with Gasteiger partial charge < -0.3 is 9.72 Å². The number of nitrogens with one attached hydrogen (secondary N) is 1. The Morgan fingerprint density at radius 1 is 0.939 bits per heavy atom. The van der Waals surface area contributed by atoms with E-state index < -0.39 is 28.1 Å². The lowest BCUT2D eigenvalue weighted by Crippen LogP contribution is -2.34. The van der Waals surface area contributed by atoms with E-state index in [2.05, 4.69) is 4.98 Å². The van der Waals surface area contributed by atoms with Crippen LogP contribution in [0.25, 0.3) is 10.9 Å². The Morgan fingerprint density at radius 3 is 2.33 bits per heavy atom. The molecular weight excluding hydrogens is 436 g/mol. The van der Waals surface area contributed by atoms with Gasteiger partial charge in [-0.2, -0.15) is 4.31 Å². The molecule has 0 radical (unpaired) electrons. The number of fused-ring (bicyclic) bond motifs is 2. The lowest BCUT2D eigenvalue weighted by atomic mass is 9.96. The Hall–Kier alpha value is -3.42. The van der Waals surface area contributed by atoms with Gasteiger partial charge in [0.2, 0.25) is 10.0 Å². The average molecular weight is 461 g/mol. The van der Waals surface area contributed by atoms with E-state index in [4.69, 9.17) is 4.74 Å². The first-order chi connectivity index (χ1) is 15.9. The summed E-state index contributed by atoms with van der Waals surface area (Å²) in [6.07, 6.45) is 1.79. The highest BCUT2D eigenvalue weighted by Gasteiger charge is 2.47. The minimum absolute atomic E-state index is 0.0720. The molecule has 0 fully saturated rings. The van der Waals surface area contributed by atoms with E-state index >= 15 is 0 Å². The van der Waals surface area contributed by atoms with Crippen LogP contribution in [0, 0.1) is 6.92 Å². The molecule has 1 aliphatic heterocycles. The van der Waals surface area contributed by atoms with Gasteiger partial charge in [-0.3, -0.25) is 4.79 Å². The predicted molar refractivity (Wildman–Crippen MR) is 126 cm³/mol. The summed E-state index contributed by atoms with van der Waals surface area (Å²) in [4.78, 5) is 15.9. The first kappa shape index (κ1) is 21.4. The molecular formula is C26H24N2O4S. The molecule has 5 rings (SSSR count). The number of para-hydroxylation sites is 1. The van der Waals surface area contributed by atoms with Crippen LogP contribution in [0.2, 0.25) is 0 Å². The number of benzene rings is 3. The number of esters is 1. The SMILES string of the molecule is COC(=O)C[C@H]1c2ccccc2[C@@H](c2c[nH]c3ccccc23)N1S(=O)(=O)c1ccc(C)cc1. The number of ether oxygens (including phenoxy) is 1. The molecule has 168 valence electrons. The monoisotopic (exact) mass is 460 g/mol. The quantitative estimate of drug-likeness (QED) is 0.431. The second-order valence-corrected chi connectivity index (χ2v) is 10.1. The van der Waals surface area contributed by atoms with Gasteiger partial charge in [0.05, 0.1) is 30.5 Å². The molecule has 0 saturated heterocycles. The highest BCUT2D eigenvalue weighted by atomic mass is 32.2. The normalized spacial score (nSPS) is 18.4. The van der Waals surface area contributed by atoms with Gasteiger partial charge in [0.15, 0.2) is 0 Å². The van der Waals surface area contributed by atoms with Gasteiger partial charge in [0.25, 0.3) is 0 Å². The zero-order valence-electron chi connectivity index (χ0n) is 18.4. The van der Waals surface area contributed by atoms with Crippen LogP contribution in [0.1, 0.15) is 40.8 Å². The van der Waals surface area contributed by atoms with Crippen molar-refractivity contribution < 1.29 is 17.9 Å². The third kappa shape index (κ3) is 3.53. The topological polar surface area (TPSA) is 79.5 Å². The van der Waals surface area contributed by atoms with Crippen LogP contribution in [-0.2, 0) is 19.6 Å². The van der Waals surface area contributed by atoms with Crippen molar-refractivity contribution in [2.24, 2.45) is 0 Å². The Kier molecular flexibility index (Phi) is 5.31. The fraction of sp³-hybridized carbons (Fsp3) is 0.192. The summed E-state index contributed by atoms with van der Waals surface area (Å²) in [6.45, 7) is 1.91. The van der Waals surface area contributed by atoms with Crippen molar-refractivity contribution in [1.82, 2.24) is 9.29 Å². The van der Waals surface area contributed by atoms with Gasteiger partial charge in [0, 0.05) is 22.7 Å². The van der Waals surface area contributed by atoms with Crippen LogP contribution in [0.4, 0.5) is 0 Å². The number of rotatable bonds is 5. The van der Waals surface area contributed by atoms with Crippen LogP contribution < -0.4 is 0 Å². The van der Waals surface area contributed by atoms with Crippen LogP contribution in [0.15, 0.2) is 83.9 Å². The predicted octanol–water partition coefficient (Wildman–Crippen LogP) is 4.87. The van der Waals surface area contributed by atoms with Gasteiger partial charge in [-0.15, -0.1) is 0 Å². The molecule has 6 nitrogen and oxygen atoms in total. The highest BCUT2D eigenvalue weighted by molar-refractivity contribution is 7.89. The van der Waals surface area contributed by atoms with E-state index in [1.807, 2.05) is 61.7 Å². The number of methoxy groups -OCH3 is 1. The van der Waals surface area contributed by atoms with Crippen molar-refractivity contribution >= 4 is 26.9 Å². The van der Waals surface area contributed by atoms with E-state index in [0.29, 0.717) is 0 Å². The molecule has 4 aromatic rings. The molecule has 3 aromatic carbocycles. The van der Waals surface area contributed by atoms with Crippen molar-refractivity contribution in [2.75, 3.05) is 7.11 Å². The molecule has 0 unspecified atom stereocenters. The third-order valence-electron chi connectivity index (χ3n) is 6.31. The smallest absolute Gasteiger partial charge is 0.307 e. The Balaban J connectivity index is 1.76. The Bertz CT molecular complexity index is 1440. The van der Waals surface area contributed by atoms with Crippen LogP contribution in [0.3, 0.4) is 0 Å². The van der Waals surface area contributed by atoms with Gasteiger partial charge in [0.1, 0.15) is 0 Å². The van der Waals surface area contributed by atoms with E-state index in [-0.39, 0.29) is 11.3 Å². The molecule has 0 bridgehead atoms. The van der Waals surface area contributed by atoms with E-state index in [9.17, 15) is 13.2 Å². The maximum atomic E-state index is 14.1. The van der Waals surface area contributed by atoms with Crippen molar-refractivity contribution in [1.29, 1.82) is 0 Å². The zero-order valence-corrected chi connectivity index (χ0v) is 19.2. The molecule has 2 atom stereocenters. The molecule has 7 heteroatoms. The molecule has 1 aliphatic rings. The summed E-state index contributed by atoms with van der Waals surface area (Å²) >= 11 is 0. The molecule has 0 amide bonds. The van der Waals surface area contributed by atoms with Crippen molar-refractivity contribution in [3.05, 3.63) is 101 Å². The van der Waals surface area contributed by atoms with Gasteiger partial charge in [-0.05, 0) is 36.2 Å². The van der Waals surface area contributed by atoms with E-state index in [0.717, 1.165) is 33.2 Å². The largest absolute Gasteiger partial charge is 0.469 e. The summed E-state index contributed by atoms with van der Waals surface area (Å²) in [5, 5.41) is 0.945. The number of hydrogen-bond donors (Lipinski definition) is 1. The number of hydrogen-bond acceptors (Lipinski definition) is 4. The highest BCUT2D eigenvalue weighted by Crippen LogP contribution is 2.51. The maximum Gasteiger partial charge on any atom is 0.307 e. The zero-order chi connectivity index (χ0) is 23.2. The molecule has 33 heavy (non-hydrogen) atoms. The van der Waals surface area contributed by atoms with Crippen molar-refractivity contribution in [2.45, 2.75) is 30.3 Å². The summed E-state index contributed by atoms with van der Waals surface area (Å²) in [7, 11) is -2.64. The number of aromatic amines is 1. The lowest BCUT2D eigenvalue weighted by Gasteiger charge is -2.29. The van der Waals surface area contributed by atoms with Gasteiger partial charge in [-0.25, -0.2) is 8.42 Å². The van der Waals surface area contributed by atoms with Crippen LogP contribution >= 0.6 is 0 Å². The van der Waals surface area contributed by atoms with Crippen molar-refractivity contribution in [3.63, 3.8) is 0 Å². The second-order valence-electron chi connectivity index (χ2n) is 8.27. The Morgan fingerprint density at radius 2 is 1.61 bits per heavy atom. The first-order valence-corrected chi connectivity index (χ1v) is 12.2. The van der Waals surface area contributed by atoms with Crippen LogP contribution in [-0.4, -0.2) is 30.8 Å². The second kappa shape index (κ2) is 8.17. The minimum Gasteiger partial charge on any atom is -0.469 e. The molecule has 0 spiro atoms. The number of carbonyl (C=O) groups excluding carboxylic acids is 1. The first-order valence-electron chi connectivity index (χ1n) is 10.7. The van der Waals surface area contributed by atoms with Crippen molar-refractivity contribution in [3.8, 4) is 0 Å². The van der Waals surface area contributed by atoms with Gasteiger partial charge in [-0.1, -0.05) is 60.2 Å². The fourth-order valence-corrected chi connectivity index (χ4v) is 6.47. The summed E-state index contributed by atoms with van der Waals surface area (Å²) in [5.74, 6) is -0.460. The molecule has 1 aromatic heterocycles. The van der Waals surface area contributed by atoms with E-state index in [1.165, 1.54) is 11.4 Å². The third-order valence-corrected chi connectivity index (χ3v) is 8.20. The number of nitrogens with zero attached hydrogens (tertiary/aromatic N) is 1. The van der Waals surface area contributed by atoms with Crippen LogP contribution in [0.5, 0.6) is 0 Å². The molecule has 2 heterocycles. The fourth-order valence-electron chi connectivity index (χ4n) is 4.72. The maximum absolute atomic E-state index is 14.1. The number of carbonyl (C=O) groups is 1. The Labute approximate surface area is 192 Å². The number of sulfonamides is 1. The summed E-state index contributed by atoms with van der Waals surface area (Å²) in [6, 6.07) is 21.0. The number of H-pyrrole nitrogens is 1. The molecule has 1 N–H and O–H groups in total. The lowest BCUT2D eigenvalue weighted by molar-refractivity contribution is -0.141. The number of aromatic nitrogens is 1. The molecule has 0 aliphatic carbocycles. The number of aryl methyl sites for hydroxylation is 1. The summed E-state index contributed by atoms with van der Waals surface area (Å²) in [5.41, 5.74) is 4.42.